The Morgan fingerprint density at radius 1 is 1.35 bits per heavy atom. The standard InChI is InChI=1S/C18H23N3O4S/c1-13-10-16(21-25-13)20-18(22)17(15-7-3-2-4-8-15)19-11-14-6-5-9-26(23,24)12-14/h2-4,7-8,10,14,17,19H,5-6,9,11-12H2,1H3,(H,20,21,22). The highest BCUT2D eigenvalue weighted by molar-refractivity contribution is 7.91. The van der Waals surface area contributed by atoms with Crippen LogP contribution in [0.4, 0.5) is 5.82 Å². The Morgan fingerprint density at radius 3 is 2.77 bits per heavy atom. The van der Waals surface area contributed by atoms with Gasteiger partial charge in [0.1, 0.15) is 11.8 Å². The Morgan fingerprint density at radius 2 is 2.12 bits per heavy atom. The Hall–Kier alpha value is -2.19. The number of nitrogens with zero attached hydrogens (tertiary/aromatic N) is 1. The molecular formula is C18H23N3O4S. The molecule has 1 aromatic carbocycles. The largest absolute Gasteiger partial charge is 0.360 e. The van der Waals surface area contributed by atoms with E-state index in [0.29, 0.717) is 24.5 Å². The Labute approximate surface area is 153 Å². The molecule has 7 nitrogen and oxygen atoms in total. The van der Waals surface area contributed by atoms with Gasteiger partial charge >= 0.3 is 0 Å². The van der Waals surface area contributed by atoms with Crippen LogP contribution in [-0.2, 0) is 14.6 Å². The lowest BCUT2D eigenvalue weighted by Gasteiger charge is -2.25. The van der Waals surface area contributed by atoms with Crippen molar-refractivity contribution >= 4 is 21.6 Å². The lowest BCUT2D eigenvalue weighted by atomic mass is 10.0. The summed E-state index contributed by atoms with van der Waals surface area (Å²) in [5, 5.41) is 9.76. The Balaban J connectivity index is 1.70. The molecule has 2 aromatic rings. The summed E-state index contributed by atoms with van der Waals surface area (Å²) < 4.78 is 28.6. The molecule has 26 heavy (non-hydrogen) atoms. The molecule has 2 heterocycles. The first-order valence-electron chi connectivity index (χ1n) is 8.66. The molecule has 0 saturated carbocycles. The van der Waals surface area contributed by atoms with Crippen molar-refractivity contribution in [1.29, 1.82) is 0 Å². The lowest BCUT2D eigenvalue weighted by Crippen LogP contribution is -2.39. The molecule has 8 heteroatoms. The van der Waals surface area contributed by atoms with E-state index in [1.807, 2.05) is 30.3 Å². The van der Waals surface area contributed by atoms with Crippen molar-refractivity contribution in [3.8, 4) is 0 Å². The summed E-state index contributed by atoms with van der Waals surface area (Å²) in [5.41, 5.74) is 0.809. The number of sulfone groups is 1. The van der Waals surface area contributed by atoms with E-state index in [1.54, 1.807) is 13.0 Å². The minimum atomic E-state index is -2.97. The van der Waals surface area contributed by atoms with E-state index in [4.69, 9.17) is 4.52 Å². The zero-order valence-corrected chi connectivity index (χ0v) is 15.5. The third-order valence-corrected chi connectivity index (χ3v) is 6.33. The summed E-state index contributed by atoms with van der Waals surface area (Å²) in [6.45, 7) is 2.21. The smallest absolute Gasteiger partial charge is 0.247 e. The summed E-state index contributed by atoms with van der Waals surface area (Å²) in [6, 6.07) is 10.4. The van der Waals surface area contributed by atoms with Crippen molar-refractivity contribution < 1.29 is 17.7 Å². The van der Waals surface area contributed by atoms with Crippen LogP contribution in [0.5, 0.6) is 0 Å². The molecule has 1 aliphatic heterocycles. The molecule has 0 radical (unpaired) electrons. The van der Waals surface area contributed by atoms with Crippen LogP contribution in [0.25, 0.3) is 0 Å². The van der Waals surface area contributed by atoms with Gasteiger partial charge in [0.2, 0.25) is 5.91 Å². The number of amides is 1. The van der Waals surface area contributed by atoms with Crippen LogP contribution < -0.4 is 10.6 Å². The summed E-state index contributed by atoms with van der Waals surface area (Å²) >= 11 is 0. The van der Waals surface area contributed by atoms with Crippen molar-refractivity contribution in [3.05, 3.63) is 47.7 Å². The summed E-state index contributed by atoms with van der Waals surface area (Å²) in [7, 11) is -2.97. The van der Waals surface area contributed by atoms with Crippen LogP contribution in [0.15, 0.2) is 40.9 Å². The van der Waals surface area contributed by atoms with Crippen LogP contribution in [0.2, 0.25) is 0 Å². The number of hydrogen-bond acceptors (Lipinski definition) is 6. The average Bonchev–Trinajstić information content (AvgIpc) is 3.00. The average molecular weight is 377 g/mol. The third kappa shape index (κ3) is 4.92. The second-order valence-corrected chi connectivity index (χ2v) is 8.92. The first-order chi connectivity index (χ1) is 12.4. The van der Waals surface area contributed by atoms with Crippen LogP contribution in [0, 0.1) is 12.8 Å². The molecule has 3 rings (SSSR count). The molecule has 2 N–H and O–H groups in total. The number of nitrogens with one attached hydrogen (secondary N) is 2. The van der Waals surface area contributed by atoms with Gasteiger partial charge in [0.15, 0.2) is 15.7 Å². The zero-order valence-electron chi connectivity index (χ0n) is 14.6. The number of aryl methyl sites for hydroxylation is 1. The van der Waals surface area contributed by atoms with Gasteiger partial charge in [0.25, 0.3) is 0 Å². The second-order valence-electron chi connectivity index (χ2n) is 6.69. The maximum absolute atomic E-state index is 12.7. The highest BCUT2D eigenvalue weighted by Crippen LogP contribution is 2.21. The molecule has 0 spiro atoms. The molecule has 1 fully saturated rings. The van der Waals surface area contributed by atoms with E-state index < -0.39 is 15.9 Å². The topological polar surface area (TPSA) is 101 Å². The van der Waals surface area contributed by atoms with Gasteiger partial charge in [-0.25, -0.2) is 8.42 Å². The predicted octanol–water partition coefficient (Wildman–Crippen LogP) is 2.08. The SMILES string of the molecule is Cc1cc(NC(=O)C(NCC2CCCS(=O)(=O)C2)c2ccccc2)no1. The maximum Gasteiger partial charge on any atom is 0.247 e. The van der Waals surface area contributed by atoms with E-state index in [-0.39, 0.29) is 23.3 Å². The monoisotopic (exact) mass is 377 g/mol. The number of rotatable bonds is 6. The van der Waals surface area contributed by atoms with Gasteiger partial charge in [0.05, 0.1) is 11.5 Å². The van der Waals surface area contributed by atoms with Crippen molar-refractivity contribution in [2.75, 3.05) is 23.4 Å². The van der Waals surface area contributed by atoms with Crippen LogP contribution >= 0.6 is 0 Å². The van der Waals surface area contributed by atoms with E-state index in [9.17, 15) is 13.2 Å². The molecule has 2 unspecified atom stereocenters. The van der Waals surface area contributed by atoms with Gasteiger partial charge in [-0.05, 0) is 37.8 Å². The molecule has 1 saturated heterocycles. The van der Waals surface area contributed by atoms with Gasteiger partial charge in [-0.15, -0.1) is 0 Å². The Kier molecular flexibility index (Phi) is 5.73. The number of carbonyl (C=O) groups is 1. The summed E-state index contributed by atoms with van der Waals surface area (Å²) in [5.74, 6) is 1.15. The van der Waals surface area contributed by atoms with Crippen molar-refractivity contribution in [2.24, 2.45) is 5.92 Å². The summed E-state index contributed by atoms with van der Waals surface area (Å²) in [6.07, 6.45) is 1.52. The first-order valence-corrected chi connectivity index (χ1v) is 10.5. The van der Waals surface area contributed by atoms with E-state index in [2.05, 4.69) is 15.8 Å². The lowest BCUT2D eigenvalue weighted by molar-refractivity contribution is -0.118. The number of carbonyl (C=O) groups excluding carboxylic acids is 1. The minimum Gasteiger partial charge on any atom is -0.360 e. The van der Waals surface area contributed by atoms with Crippen LogP contribution in [0.3, 0.4) is 0 Å². The highest BCUT2D eigenvalue weighted by Gasteiger charge is 2.27. The highest BCUT2D eigenvalue weighted by atomic mass is 32.2. The van der Waals surface area contributed by atoms with Crippen LogP contribution in [-0.4, -0.2) is 37.5 Å². The number of hydrogen-bond donors (Lipinski definition) is 2. The molecule has 140 valence electrons. The molecular weight excluding hydrogens is 354 g/mol. The molecule has 1 aromatic heterocycles. The molecule has 0 aliphatic carbocycles. The molecule has 1 amide bonds. The van der Waals surface area contributed by atoms with Crippen molar-refractivity contribution in [2.45, 2.75) is 25.8 Å². The number of benzene rings is 1. The summed E-state index contributed by atoms with van der Waals surface area (Å²) in [4.78, 5) is 12.7. The third-order valence-electron chi connectivity index (χ3n) is 4.44. The Bertz CT molecular complexity index is 848. The fraction of sp³-hybridized carbons (Fsp3) is 0.444. The van der Waals surface area contributed by atoms with Gasteiger partial charge in [-0.2, -0.15) is 0 Å². The fourth-order valence-electron chi connectivity index (χ4n) is 3.19. The number of anilines is 1. The van der Waals surface area contributed by atoms with E-state index >= 15 is 0 Å². The van der Waals surface area contributed by atoms with Crippen molar-refractivity contribution in [1.82, 2.24) is 10.5 Å². The quantitative estimate of drug-likeness (QED) is 0.799. The van der Waals surface area contributed by atoms with E-state index in [1.165, 1.54) is 0 Å². The molecule has 1 aliphatic rings. The molecule has 2 atom stereocenters. The zero-order chi connectivity index (χ0) is 18.6. The maximum atomic E-state index is 12.7. The first kappa shape index (κ1) is 18.6. The number of aromatic nitrogens is 1. The predicted molar refractivity (Wildman–Crippen MR) is 98.4 cm³/mol. The normalized spacial score (nSPS) is 20.4. The molecule has 0 bridgehead atoms. The second kappa shape index (κ2) is 8.01. The van der Waals surface area contributed by atoms with Crippen LogP contribution in [0.1, 0.15) is 30.2 Å². The van der Waals surface area contributed by atoms with Gasteiger partial charge in [-0.1, -0.05) is 35.5 Å². The fourth-order valence-corrected chi connectivity index (χ4v) is 4.97. The van der Waals surface area contributed by atoms with Gasteiger partial charge in [0, 0.05) is 6.07 Å². The van der Waals surface area contributed by atoms with Crippen molar-refractivity contribution in [3.63, 3.8) is 0 Å². The minimum absolute atomic E-state index is 0.0158. The van der Waals surface area contributed by atoms with Gasteiger partial charge in [-0.3, -0.25) is 4.79 Å². The van der Waals surface area contributed by atoms with Gasteiger partial charge < -0.3 is 15.2 Å². The van der Waals surface area contributed by atoms with E-state index in [0.717, 1.165) is 12.0 Å².